The van der Waals surface area contributed by atoms with Crippen LogP contribution in [0, 0.1) is 22.9 Å². The molecule has 1 N–H and O–H groups in total. The molecule has 0 spiro atoms. The summed E-state index contributed by atoms with van der Waals surface area (Å²) < 4.78 is 13.4. The number of hydrogen-bond donors (Lipinski definition) is 1. The Morgan fingerprint density at radius 2 is 1.78 bits per heavy atom. The van der Waals surface area contributed by atoms with Gasteiger partial charge in [0.15, 0.2) is 0 Å². The normalized spacial score (nSPS) is 10.1. The number of hydrogen-bond acceptors (Lipinski definition) is 3. The molecule has 0 radical (unpaired) electrons. The van der Waals surface area contributed by atoms with Crippen molar-refractivity contribution in [2.24, 2.45) is 0 Å². The highest BCUT2D eigenvalue weighted by molar-refractivity contribution is 5.71. The number of nitro groups is 1. The second kappa shape index (κ2) is 4.83. The molecule has 0 aliphatic rings. The summed E-state index contributed by atoms with van der Waals surface area (Å²) in [7, 11) is 0. The van der Waals surface area contributed by atoms with Crippen LogP contribution in [0.1, 0.15) is 5.56 Å². The van der Waals surface area contributed by atoms with Crippen molar-refractivity contribution in [3.05, 3.63) is 64.0 Å². The number of para-hydroxylation sites is 2. The third-order valence-electron chi connectivity index (χ3n) is 2.64. The van der Waals surface area contributed by atoms with Crippen LogP contribution in [0.2, 0.25) is 0 Å². The summed E-state index contributed by atoms with van der Waals surface area (Å²) in [6.07, 6.45) is 0. The van der Waals surface area contributed by atoms with E-state index in [0.29, 0.717) is 16.9 Å². The fourth-order valence-electron chi connectivity index (χ4n) is 1.63. The van der Waals surface area contributed by atoms with E-state index in [4.69, 9.17) is 0 Å². The molecule has 0 amide bonds. The van der Waals surface area contributed by atoms with Gasteiger partial charge in [-0.2, -0.15) is 0 Å². The van der Waals surface area contributed by atoms with E-state index in [9.17, 15) is 14.5 Å². The van der Waals surface area contributed by atoms with Gasteiger partial charge in [0.05, 0.1) is 4.92 Å². The van der Waals surface area contributed by atoms with Crippen LogP contribution in [-0.2, 0) is 0 Å². The Kier molecular flexibility index (Phi) is 3.23. The lowest BCUT2D eigenvalue weighted by Crippen LogP contribution is -1.99. The molecule has 0 atom stereocenters. The molecule has 0 unspecified atom stereocenters. The number of halogens is 1. The topological polar surface area (TPSA) is 55.2 Å². The van der Waals surface area contributed by atoms with E-state index in [2.05, 4.69) is 5.32 Å². The van der Waals surface area contributed by atoms with Crippen LogP contribution >= 0.6 is 0 Å². The van der Waals surface area contributed by atoms with E-state index < -0.39 is 4.92 Å². The van der Waals surface area contributed by atoms with Gasteiger partial charge in [-0.3, -0.25) is 10.1 Å². The molecule has 5 heteroatoms. The van der Waals surface area contributed by atoms with Crippen LogP contribution in [0.25, 0.3) is 0 Å². The third-order valence-corrected chi connectivity index (χ3v) is 2.64. The van der Waals surface area contributed by atoms with Crippen LogP contribution in [0.5, 0.6) is 0 Å². The number of nitrogens with one attached hydrogen (secondary N) is 1. The molecule has 0 saturated heterocycles. The number of benzene rings is 2. The zero-order chi connectivity index (χ0) is 13.1. The summed E-state index contributed by atoms with van der Waals surface area (Å²) in [5.41, 5.74) is 1.25. The van der Waals surface area contributed by atoms with Crippen LogP contribution < -0.4 is 5.32 Å². The zero-order valence-electron chi connectivity index (χ0n) is 9.68. The lowest BCUT2D eigenvalue weighted by Gasteiger charge is -2.10. The maximum atomic E-state index is 13.4. The van der Waals surface area contributed by atoms with Crippen LogP contribution in [0.3, 0.4) is 0 Å². The number of anilines is 2. The first-order valence-electron chi connectivity index (χ1n) is 5.35. The Morgan fingerprint density at radius 1 is 1.11 bits per heavy atom. The highest BCUT2D eigenvalue weighted by Crippen LogP contribution is 2.29. The Bertz CT molecular complexity index is 599. The fourth-order valence-corrected chi connectivity index (χ4v) is 1.63. The highest BCUT2D eigenvalue weighted by Gasteiger charge is 2.13. The molecular formula is C13H11FN2O2. The fraction of sp³-hybridized carbons (Fsp3) is 0.0769. The summed E-state index contributed by atoms with van der Waals surface area (Å²) in [5.74, 6) is -0.349. The molecule has 0 fully saturated rings. The minimum absolute atomic E-state index is 0.0406. The Hall–Kier alpha value is -2.43. The van der Waals surface area contributed by atoms with Gasteiger partial charge in [-0.05, 0) is 25.1 Å². The lowest BCUT2D eigenvalue weighted by molar-refractivity contribution is -0.383. The molecule has 0 bridgehead atoms. The van der Waals surface area contributed by atoms with Crippen molar-refractivity contribution >= 4 is 17.1 Å². The monoisotopic (exact) mass is 246 g/mol. The van der Waals surface area contributed by atoms with Crippen LogP contribution in [-0.4, -0.2) is 4.92 Å². The molecule has 4 nitrogen and oxygen atoms in total. The maximum Gasteiger partial charge on any atom is 0.292 e. The molecule has 0 aliphatic heterocycles. The van der Waals surface area contributed by atoms with E-state index in [1.54, 1.807) is 37.3 Å². The summed E-state index contributed by atoms with van der Waals surface area (Å²) >= 11 is 0. The van der Waals surface area contributed by atoms with Crippen molar-refractivity contribution in [2.45, 2.75) is 6.92 Å². The third kappa shape index (κ3) is 2.29. The molecule has 2 aromatic rings. The Labute approximate surface area is 103 Å². The highest BCUT2D eigenvalue weighted by atomic mass is 19.1. The van der Waals surface area contributed by atoms with E-state index in [1.807, 2.05) is 0 Å². The van der Waals surface area contributed by atoms with Crippen LogP contribution in [0.15, 0.2) is 42.5 Å². The first-order chi connectivity index (χ1) is 8.59. The van der Waals surface area contributed by atoms with Crippen LogP contribution in [0.4, 0.5) is 21.5 Å². The van der Waals surface area contributed by atoms with Crippen molar-refractivity contribution in [3.63, 3.8) is 0 Å². The number of rotatable bonds is 3. The van der Waals surface area contributed by atoms with Gasteiger partial charge in [-0.15, -0.1) is 0 Å². The van der Waals surface area contributed by atoms with Gasteiger partial charge in [-0.25, -0.2) is 4.39 Å². The van der Waals surface area contributed by atoms with Gasteiger partial charge < -0.3 is 5.32 Å². The molecular weight excluding hydrogens is 235 g/mol. The van der Waals surface area contributed by atoms with Crippen molar-refractivity contribution in [3.8, 4) is 0 Å². The molecule has 0 aromatic heterocycles. The largest absolute Gasteiger partial charge is 0.350 e. The first kappa shape index (κ1) is 12.0. The van der Waals surface area contributed by atoms with E-state index in [0.717, 1.165) is 0 Å². The van der Waals surface area contributed by atoms with E-state index >= 15 is 0 Å². The lowest BCUT2D eigenvalue weighted by atomic mass is 10.1. The molecule has 2 rings (SSSR count). The first-order valence-corrected chi connectivity index (χ1v) is 5.35. The summed E-state index contributed by atoms with van der Waals surface area (Å²) in [4.78, 5) is 10.4. The predicted octanol–water partition coefficient (Wildman–Crippen LogP) is 3.79. The molecule has 0 heterocycles. The van der Waals surface area contributed by atoms with Gasteiger partial charge in [0, 0.05) is 17.3 Å². The number of nitrogens with zero attached hydrogens (tertiary/aromatic N) is 1. The molecule has 2 aromatic carbocycles. The summed E-state index contributed by atoms with van der Waals surface area (Å²) in [6, 6.07) is 10.8. The predicted molar refractivity (Wildman–Crippen MR) is 67.5 cm³/mol. The molecule has 18 heavy (non-hydrogen) atoms. The van der Waals surface area contributed by atoms with E-state index in [1.165, 1.54) is 12.1 Å². The van der Waals surface area contributed by atoms with Gasteiger partial charge in [0.2, 0.25) is 0 Å². The van der Waals surface area contributed by atoms with E-state index in [-0.39, 0.29) is 11.5 Å². The maximum absolute atomic E-state index is 13.4. The molecule has 0 saturated carbocycles. The van der Waals surface area contributed by atoms with Crippen molar-refractivity contribution < 1.29 is 9.31 Å². The summed E-state index contributed by atoms with van der Waals surface area (Å²) in [6.45, 7) is 1.62. The number of nitro benzene ring substituents is 1. The quantitative estimate of drug-likeness (QED) is 0.662. The van der Waals surface area contributed by atoms with Gasteiger partial charge >= 0.3 is 0 Å². The van der Waals surface area contributed by atoms with Crippen molar-refractivity contribution in [2.75, 3.05) is 5.32 Å². The minimum atomic E-state index is -0.475. The average molecular weight is 246 g/mol. The van der Waals surface area contributed by atoms with Crippen molar-refractivity contribution in [1.82, 2.24) is 0 Å². The second-order valence-corrected chi connectivity index (χ2v) is 3.81. The Morgan fingerprint density at radius 3 is 2.50 bits per heavy atom. The molecule has 92 valence electrons. The molecule has 0 aliphatic carbocycles. The SMILES string of the molecule is Cc1c(F)cccc1Nc1ccccc1[N+](=O)[O-]. The second-order valence-electron chi connectivity index (χ2n) is 3.81. The van der Waals surface area contributed by atoms with Gasteiger partial charge in [0.1, 0.15) is 11.5 Å². The standard InChI is InChI=1S/C13H11FN2O2/c1-9-10(14)5-4-7-11(9)15-12-6-2-3-8-13(12)16(17)18/h2-8,15H,1H3. The zero-order valence-corrected chi connectivity index (χ0v) is 9.68. The van der Waals surface area contributed by atoms with Crippen molar-refractivity contribution in [1.29, 1.82) is 0 Å². The van der Waals surface area contributed by atoms with Gasteiger partial charge in [-0.1, -0.05) is 18.2 Å². The van der Waals surface area contributed by atoms with Gasteiger partial charge in [0.25, 0.3) is 5.69 Å². The average Bonchev–Trinajstić information content (AvgIpc) is 2.35. The summed E-state index contributed by atoms with van der Waals surface area (Å²) in [5, 5.41) is 13.7. The smallest absolute Gasteiger partial charge is 0.292 e. The minimum Gasteiger partial charge on any atom is -0.350 e. The Balaban J connectivity index is 2.40.